The molecule has 4 rings (SSSR count). The summed E-state index contributed by atoms with van der Waals surface area (Å²) < 4.78 is 30.1. The molecule has 0 saturated heterocycles. The summed E-state index contributed by atoms with van der Waals surface area (Å²) in [5.41, 5.74) is 1.33. The Bertz CT molecular complexity index is 1430. The lowest BCUT2D eigenvalue weighted by Crippen LogP contribution is -2.34. The summed E-state index contributed by atoms with van der Waals surface area (Å²) >= 11 is 11.6. The Balaban J connectivity index is 1.49. The fraction of sp³-hybridized carbons (Fsp3) is 0.0800. The predicted octanol–water partition coefficient (Wildman–Crippen LogP) is 5.96. The summed E-state index contributed by atoms with van der Waals surface area (Å²) in [4.78, 5) is 16.6. The van der Waals surface area contributed by atoms with Crippen LogP contribution in [0.4, 0.5) is 10.1 Å². The van der Waals surface area contributed by atoms with Gasteiger partial charge in [-0.3, -0.25) is 15.1 Å². The van der Waals surface area contributed by atoms with E-state index in [-0.39, 0.29) is 10.7 Å². The van der Waals surface area contributed by atoms with Crippen LogP contribution in [-0.4, -0.2) is 30.2 Å². The summed E-state index contributed by atoms with van der Waals surface area (Å²) in [5.74, 6) is 0.963. The standard InChI is InChI=1S/C25H19ClFN3O4S/c1-32-22-12-17-19(13-23(22)33-2)28-9-8-20(17)34-21-7-6-16(11-18(21)26)29-25(35)30-24(31)14-4-3-5-15(27)10-14/h3-13H,1-2H3,(H2,29,30,31,35). The molecule has 178 valence electrons. The van der Waals surface area contributed by atoms with E-state index in [1.54, 1.807) is 56.8 Å². The Labute approximate surface area is 210 Å². The zero-order chi connectivity index (χ0) is 24.9. The number of methoxy groups -OCH3 is 2. The van der Waals surface area contributed by atoms with Gasteiger partial charge < -0.3 is 19.5 Å². The summed E-state index contributed by atoms with van der Waals surface area (Å²) in [6, 6.07) is 15.5. The highest BCUT2D eigenvalue weighted by Crippen LogP contribution is 2.38. The molecule has 0 aliphatic heterocycles. The molecule has 0 unspecified atom stereocenters. The van der Waals surface area contributed by atoms with Crippen molar-refractivity contribution in [2.24, 2.45) is 0 Å². The Morgan fingerprint density at radius 1 is 0.971 bits per heavy atom. The minimum absolute atomic E-state index is 0.0326. The Morgan fingerprint density at radius 2 is 1.74 bits per heavy atom. The van der Waals surface area contributed by atoms with Crippen LogP contribution in [0.2, 0.25) is 5.02 Å². The van der Waals surface area contributed by atoms with Crippen molar-refractivity contribution in [3.05, 3.63) is 83.3 Å². The number of fused-ring (bicyclic) bond motifs is 1. The van der Waals surface area contributed by atoms with Crippen molar-refractivity contribution in [1.29, 1.82) is 0 Å². The molecule has 2 N–H and O–H groups in total. The maximum Gasteiger partial charge on any atom is 0.257 e. The van der Waals surface area contributed by atoms with E-state index >= 15 is 0 Å². The topological polar surface area (TPSA) is 81.7 Å². The molecule has 0 radical (unpaired) electrons. The third-order valence-electron chi connectivity index (χ3n) is 4.93. The molecular weight excluding hydrogens is 493 g/mol. The monoisotopic (exact) mass is 511 g/mol. The highest BCUT2D eigenvalue weighted by molar-refractivity contribution is 7.80. The summed E-state index contributed by atoms with van der Waals surface area (Å²) in [5, 5.41) is 6.42. The normalized spacial score (nSPS) is 10.5. The van der Waals surface area contributed by atoms with Crippen LogP contribution in [0.3, 0.4) is 0 Å². The molecule has 7 nitrogen and oxygen atoms in total. The number of pyridine rings is 1. The Hall–Kier alpha value is -3.95. The first-order valence-corrected chi connectivity index (χ1v) is 11.0. The number of ether oxygens (including phenoxy) is 3. The number of aromatic nitrogens is 1. The van der Waals surface area contributed by atoms with Gasteiger partial charge in [0.2, 0.25) is 0 Å². The van der Waals surface area contributed by atoms with Crippen LogP contribution in [0.25, 0.3) is 10.9 Å². The summed E-state index contributed by atoms with van der Waals surface area (Å²) in [6.45, 7) is 0. The number of nitrogens with one attached hydrogen (secondary N) is 2. The number of carbonyl (C=O) groups is 1. The zero-order valence-corrected chi connectivity index (χ0v) is 20.2. The van der Waals surface area contributed by atoms with Gasteiger partial charge in [-0.25, -0.2) is 4.39 Å². The molecule has 0 aliphatic rings. The van der Waals surface area contributed by atoms with Crippen LogP contribution in [-0.2, 0) is 0 Å². The van der Waals surface area contributed by atoms with Crippen LogP contribution in [0.1, 0.15) is 10.4 Å². The van der Waals surface area contributed by atoms with Gasteiger partial charge in [0.15, 0.2) is 16.6 Å². The number of rotatable bonds is 6. The van der Waals surface area contributed by atoms with Crippen LogP contribution >= 0.6 is 23.8 Å². The lowest BCUT2D eigenvalue weighted by atomic mass is 10.2. The highest BCUT2D eigenvalue weighted by Gasteiger charge is 2.14. The Kier molecular flexibility index (Phi) is 7.28. The average Bonchev–Trinajstić information content (AvgIpc) is 2.84. The van der Waals surface area contributed by atoms with Crippen LogP contribution in [0.15, 0.2) is 66.9 Å². The molecule has 1 aromatic heterocycles. The maximum absolute atomic E-state index is 13.3. The van der Waals surface area contributed by atoms with Crippen molar-refractivity contribution < 1.29 is 23.4 Å². The van der Waals surface area contributed by atoms with E-state index in [0.717, 1.165) is 6.07 Å². The second kappa shape index (κ2) is 10.5. The number of amides is 1. The van der Waals surface area contributed by atoms with E-state index in [9.17, 15) is 9.18 Å². The van der Waals surface area contributed by atoms with Gasteiger partial charge in [0, 0.05) is 28.9 Å². The quantitative estimate of drug-likeness (QED) is 0.309. The number of benzene rings is 3. The van der Waals surface area contributed by atoms with Gasteiger partial charge >= 0.3 is 0 Å². The molecule has 1 heterocycles. The molecule has 0 fully saturated rings. The highest BCUT2D eigenvalue weighted by atomic mass is 35.5. The molecule has 35 heavy (non-hydrogen) atoms. The number of halogens is 2. The van der Waals surface area contributed by atoms with Crippen molar-refractivity contribution in [2.75, 3.05) is 19.5 Å². The molecule has 0 bridgehead atoms. The lowest BCUT2D eigenvalue weighted by Gasteiger charge is -2.14. The first kappa shape index (κ1) is 24.2. The average molecular weight is 512 g/mol. The van der Waals surface area contributed by atoms with Crippen molar-refractivity contribution in [1.82, 2.24) is 10.3 Å². The second-order valence-corrected chi connectivity index (χ2v) is 8.01. The number of hydrogen-bond acceptors (Lipinski definition) is 6. The first-order valence-electron chi connectivity index (χ1n) is 10.2. The molecule has 0 atom stereocenters. The third kappa shape index (κ3) is 5.59. The maximum atomic E-state index is 13.3. The zero-order valence-electron chi connectivity index (χ0n) is 18.6. The molecule has 0 spiro atoms. The van der Waals surface area contributed by atoms with Gasteiger partial charge in [-0.05, 0) is 60.7 Å². The molecule has 10 heteroatoms. The number of hydrogen-bond donors (Lipinski definition) is 2. The minimum atomic E-state index is -0.537. The molecule has 4 aromatic rings. The number of thiocarbonyl (C=S) groups is 1. The van der Waals surface area contributed by atoms with Crippen molar-refractivity contribution in [2.45, 2.75) is 0 Å². The summed E-state index contributed by atoms with van der Waals surface area (Å²) in [7, 11) is 3.10. The number of nitrogens with zero attached hydrogens (tertiary/aromatic N) is 1. The van der Waals surface area contributed by atoms with Gasteiger partial charge in [0.1, 0.15) is 17.3 Å². The second-order valence-electron chi connectivity index (χ2n) is 7.20. The van der Waals surface area contributed by atoms with E-state index < -0.39 is 11.7 Å². The largest absolute Gasteiger partial charge is 0.493 e. The van der Waals surface area contributed by atoms with Crippen molar-refractivity contribution >= 4 is 51.4 Å². The van der Waals surface area contributed by atoms with E-state index in [1.165, 1.54) is 18.2 Å². The van der Waals surface area contributed by atoms with Crippen LogP contribution in [0.5, 0.6) is 23.0 Å². The fourth-order valence-corrected chi connectivity index (χ4v) is 3.71. The molecule has 1 amide bonds. The fourth-order valence-electron chi connectivity index (χ4n) is 3.28. The van der Waals surface area contributed by atoms with Gasteiger partial charge in [-0.2, -0.15) is 0 Å². The van der Waals surface area contributed by atoms with E-state index in [2.05, 4.69) is 15.6 Å². The van der Waals surface area contributed by atoms with Crippen LogP contribution in [0, 0.1) is 5.82 Å². The smallest absolute Gasteiger partial charge is 0.257 e. The number of anilines is 1. The predicted molar refractivity (Wildman–Crippen MR) is 136 cm³/mol. The first-order chi connectivity index (χ1) is 16.9. The lowest BCUT2D eigenvalue weighted by molar-refractivity contribution is 0.0977. The molecule has 3 aromatic carbocycles. The van der Waals surface area contributed by atoms with E-state index in [4.69, 9.17) is 38.0 Å². The van der Waals surface area contributed by atoms with Crippen molar-refractivity contribution in [3.63, 3.8) is 0 Å². The van der Waals surface area contributed by atoms with Gasteiger partial charge in [0.25, 0.3) is 5.91 Å². The van der Waals surface area contributed by atoms with Crippen LogP contribution < -0.4 is 24.8 Å². The van der Waals surface area contributed by atoms with E-state index in [1.807, 2.05) is 0 Å². The van der Waals surface area contributed by atoms with Gasteiger partial charge in [0.05, 0.1) is 24.8 Å². The van der Waals surface area contributed by atoms with Crippen molar-refractivity contribution in [3.8, 4) is 23.0 Å². The molecule has 0 saturated carbocycles. The third-order valence-corrected chi connectivity index (χ3v) is 5.43. The molecular formula is C25H19ClFN3O4S. The minimum Gasteiger partial charge on any atom is -0.493 e. The number of carbonyl (C=O) groups excluding carboxylic acids is 1. The molecule has 0 aliphatic carbocycles. The van der Waals surface area contributed by atoms with E-state index in [0.29, 0.717) is 44.6 Å². The van der Waals surface area contributed by atoms with Gasteiger partial charge in [-0.1, -0.05) is 17.7 Å². The van der Waals surface area contributed by atoms with Gasteiger partial charge in [-0.15, -0.1) is 0 Å². The summed E-state index contributed by atoms with van der Waals surface area (Å²) in [6.07, 6.45) is 1.62. The SMILES string of the molecule is COc1cc2nccc(Oc3ccc(NC(=S)NC(=O)c4cccc(F)c4)cc3Cl)c2cc1OC. The Morgan fingerprint density at radius 3 is 2.46 bits per heavy atom.